The van der Waals surface area contributed by atoms with E-state index in [4.69, 9.17) is 4.74 Å². The quantitative estimate of drug-likeness (QED) is 0.906. The summed E-state index contributed by atoms with van der Waals surface area (Å²) in [6.45, 7) is 9.26. The minimum Gasteiger partial charge on any atom is -0.494 e. The molecule has 1 fully saturated rings. The van der Waals surface area contributed by atoms with Gasteiger partial charge in [0.25, 0.3) is 0 Å². The van der Waals surface area contributed by atoms with Gasteiger partial charge in [0.15, 0.2) is 0 Å². The normalized spacial score (nSPS) is 17.2. The lowest BCUT2D eigenvalue weighted by atomic mass is 9.92. The van der Waals surface area contributed by atoms with Crippen LogP contribution in [0.4, 0.5) is 0 Å². The summed E-state index contributed by atoms with van der Waals surface area (Å²) in [5.41, 5.74) is 3.99. The highest BCUT2D eigenvalue weighted by molar-refractivity contribution is 5.44. The minimum atomic E-state index is 0.244. The lowest BCUT2D eigenvalue weighted by Crippen LogP contribution is -2.33. The fraction of sp³-hybridized carbons (Fsp3) is 0.429. The van der Waals surface area contributed by atoms with Gasteiger partial charge >= 0.3 is 0 Å². The van der Waals surface area contributed by atoms with Crippen LogP contribution in [0.3, 0.4) is 0 Å². The van der Waals surface area contributed by atoms with Crippen LogP contribution in [0.2, 0.25) is 0 Å². The van der Waals surface area contributed by atoms with Gasteiger partial charge in [0.1, 0.15) is 5.75 Å². The predicted molar refractivity (Wildman–Crippen MR) is 99.7 cm³/mol. The van der Waals surface area contributed by atoms with Crippen LogP contribution in [0, 0.1) is 6.92 Å². The number of hydrogen-bond acceptors (Lipinski definition) is 3. The smallest absolute Gasteiger partial charge is 0.124 e. The third-order valence-electron chi connectivity index (χ3n) is 4.74. The summed E-state index contributed by atoms with van der Waals surface area (Å²) in [5.74, 6) is 1.01. The molecule has 3 rings (SSSR count). The van der Waals surface area contributed by atoms with Crippen LogP contribution in [-0.2, 0) is 0 Å². The molecule has 0 aromatic heterocycles. The van der Waals surface area contributed by atoms with Gasteiger partial charge in [0.2, 0.25) is 0 Å². The molecule has 3 heteroatoms. The molecule has 1 saturated heterocycles. The van der Waals surface area contributed by atoms with Crippen molar-refractivity contribution in [2.75, 3.05) is 32.8 Å². The van der Waals surface area contributed by atoms with E-state index in [1.807, 2.05) is 0 Å². The van der Waals surface area contributed by atoms with E-state index in [1.54, 1.807) is 0 Å². The molecule has 1 aliphatic heterocycles. The Hall–Kier alpha value is -1.84. The SMILES string of the molecule is CCOc1ccccc1C(c1ccccc1C)N1CCCNCC1. The Kier molecular flexibility index (Phi) is 5.89. The summed E-state index contributed by atoms with van der Waals surface area (Å²) in [5, 5.41) is 3.52. The molecule has 128 valence electrons. The standard InChI is InChI=1S/C21H28N2O/c1-3-24-20-12-7-6-11-19(20)21(18-10-5-4-9-17(18)2)23-15-8-13-22-14-16-23/h4-7,9-12,21-22H,3,8,13-16H2,1-2H3. The molecular weight excluding hydrogens is 296 g/mol. The summed E-state index contributed by atoms with van der Waals surface area (Å²) >= 11 is 0. The first-order valence-electron chi connectivity index (χ1n) is 9.03. The summed E-state index contributed by atoms with van der Waals surface area (Å²) in [7, 11) is 0. The molecule has 0 amide bonds. The molecule has 1 atom stereocenters. The second kappa shape index (κ2) is 8.32. The van der Waals surface area contributed by atoms with E-state index < -0.39 is 0 Å². The largest absolute Gasteiger partial charge is 0.494 e. The predicted octanol–water partition coefficient (Wildman–Crippen LogP) is 3.78. The van der Waals surface area contributed by atoms with Crippen LogP contribution < -0.4 is 10.1 Å². The van der Waals surface area contributed by atoms with Crippen molar-refractivity contribution in [2.45, 2.75) is 26.3 Å². The van der Waals surface area contributed by atoms with Crippen LogP contribution in [0.5, 0.6) is 5.75 Å². The van der Waals surface area contributed by atoms with Gasteiger partial charge in [-0.25, -0.2) is 0 Å². The number of nitrogens with one attached hydrogen (secondary N) is 1. The van der Waals surface area contributed by atoms with Gasteiger partial charge < -0.3 is 10.1 Å². The number of aryl methyl sites for hydroxylation is 1. The zero-order chi connectivity index (χ0) is 16.8. The lowest BCUT2D eigenvalue weighted by Gasteiger charge is -2.33. The molecule has 2 aromatic rings. The first-order chi connectivity index (χ1) is 11.8. The number of hydrogen-bond donors (Lipinski definition) is 1. The second-order valence-electron chi connectivity index (χ2n) is 6.37. The fourth-order valence-corrected chi connectivity index (χ4v) is 3.57. The zero-order valence-electron chi connectivity index (χ0n) is 14.8. The van der Waals surface area contributed by atoms with Crippen LogP contribution in [0.1, 0.15) is 36.1 Å². The molecule has 24 heavy (non-hydrogen) atoms. The molecule has 0 aliphatic carbocycles. The number of nitrogens with zero attached hydrogens (tertiary/aromatic N) is 1. The third kappa shape index (κ3) is 3.80. The van der Waals surface area contributed by atoms with Gasteiger partial charge in [-0.3, -0.25) is 4.90 Å². The van der Waals surface area contributed by atoms with Crippen molar-refractivity contribution in [3.05, 3.63) is 65.2 Å². The third-order valence-corrected chi connectivity index (χ3v) is 4.74. The summed E-state index contributed by atoms with van der Waals surface area (Å²) in [6, 6.07) is 17.5. The average Bonchev–Trinajstić information content (AvgIpc) is 2.88. The van der Waals surface area contributed by atoms with E-state index in [-0.39, 0.29) is 6.04 Å². The van der Waals surface area contributed by atoms with E-state index >= 15 is 0 Å². The monoisotopic (exact) mass is 324 g/mol. The van der Waals surface area contributed by atoms with Crippen molar-refractivity contribution in [3.8, 4) is 5.75 Å². The van der Waals surface area contributed by atoms with Crippen LogP contribution in [-0.4, -0.2) is 37.7 Å². The van der Waals surface area contributed by atoms with Gasteiger partial charge in [-0.15, -0.1) is 0 Å². The number of para-hydroxylation sites is 1. The van der Waals surface area contributed by atoms with E-state index in [0.717, 1.165) is 31.9 Å². The Bertz CT molecular complexity index is 648. The summed E-state index contributed by atoms with van der Waals surface area (Å²) in [6.07, 6.45) is 1.18. The highest BCUT2D eigenvalue weighted by Gasteiger charge is 2.26. The molecule has 0 spiro atoms. The van der Waals surface area contributed by atoms with Crippen molar-refractivity contribution in [1.29, 1.82) is 0 Å². The minimum absolute atomic E-state index is 0.244. The molecule has 0 radical (unpaired) electrons. The first-order valence-corrected chi connectivity index (χ1v) is 9.03. The first kappa shape index (κ1) is 17.0. The van der Waals surface area contributed by atoms with Crippen LogP contribution in [0.25, 0.3) is 0 Å². The maximum atomic E-state index is 5.96. The Morgan fingerprint density at radius 3 is 2.54 bits per heavy atom. The maximum Gasteiger partial charge on any atom is 0.124 e. The molecule has 2 aromatic carbocycles. The summed E-state index contributed by atoms with van der Waals surface area (Å²) < 4.78 is 5.96. The van der Waals surface area contributed by atoms with Crippen molar-refractivity contribution < 1.29 is 4.74 Å². The van der Waals surface area contributed by atoms with Gasteiger partial charge in [0, 0.05) is 25.2 Å². The molecule has 3 nitrogen and oxygen atoms in total. The zero-order valence-corrected chi connectivity index (χ0v) is 14.8. The fourth-order valence-electron chi connectivity index (χ4n) is 3.57. The topological polar surface area (TPSA) is 24.5 Å². The van der Waals surface area contributed by atoms with E-state index in [1.165, 1.54) is 23.1 Å². The highest BCUT2D eigenvalue weighted by atomic mass is 16.5. The molecule has 1 heterocycles. The maximum absolute atomic E-state index is 5.96. The van der Waals surface area contributed by atoms with E-state index in [9.17, 15) is 0 Å². The van der Waals surface area contributed by atoms with Crippen molar-refractivity contribution >= 4 is 0 Å². The van der Waals surface area contributed by atoms with Crippen molar-refractivity contribution in [2.24, 2.45) is 0 Å². The van der Waals surface area contributed by atoms with Gasteiger partial charge in [-0.05, 0) is 44.0 Å². The molecule has 1 aliphatic rings. The Balaban J connectivity index is 2.06. The highest BCUT2D eigenvalue weighted by Crippen LogP contribution is 2.36. The van der Waals surface area contributed by atoms with Crippen molar-refractivity contribution in [1.82, 2.24) is 10.2 Å². The molecule has 0 bridgehead atoms. The van der Waals surface area contributed by atoms with Crippen LogP contribution >= 0.6 is 0 Å². The van der Waals surface area contributed by atoms with Crippen LogP contribution in [0.15, 0.2) is 48.5 Å². The van der Waals surface area contributed by atoms with Gasteiger partial charge in [0.05, 0.1) is 12.6 Å². The number of benzene rings is 2. The molecule has 1 unspecified atom stereocenters. The lowest BCUT2D eigenvalue weighted by molar-refractivity contribution is 0.233. The van der Waals surface area contributed by atoms with Gasteiger partial charge in [-0.1, -0.05) is 42.5 Å². The van der Waals surface area contributed by atoms with Gasteiger partial charge in [-0.2, -0.15) is 0 Å². The molecular formula is C21H28N2O. The summed E-state index contributed by atoms with van der Waals surface area (Å²) in [4.78, 5) is 2.60. The number of rotatable bonds is 5. The second-order valence-corrected chi connectivity index (χ2v) is 6.37. The average molecular weight is 324 g/mol. The molecule has 1 N–H and O–H groups in total. The van der Waals surface area contributed by atoms with Crippen molar-refractivity contribution in [3.63, 3.8) is 0 Å². The van der Waals surface area contributed by atoms with E-state index in [0.29, 0.717) is 6.61 Å². The molecule has 0 saturated carbocycles. The number of ether oxygens (including phenoxy) is 1. The van der Waals surface area contributed by atoms with E-state index in [2.05, 4.69) is 72.6 Å². The Morgan fingerprint density at radius 1 is 1.00 bits per heavy atom. The Labute approximate surface area is 145 Å². The Morgan fingerprint density at radius 2 is 1.75 bits per heavy atom.